The highest BCUT2D eigenvalue weighted by atomic mass is 16.5. The number of pyridine rings is 1. The van der Waals surface area contributed by atoms with Gasteiger partial charge in [0.1, 0.15) is 12.4 Å². The van der Waals surface area contributed by atoms with Gasteiger partial charge in [-0.3, -0.25) is 4.98 Å². The Bertz CT molecular complexity index is 676. The molecule has 0 saturated heterocycles. The van der Waals surface area contributed by atoms with Crippen molar-refractivity contribution in [1.82, 2.24) is 10.1 Å². The predicted molar refractivity (Wildman–Crippen MR) is 67.3 cm³/mol. The monoisotopic (exact) mass is 240 g/mol. The summed E-state index contributed by atoms with van der Waals surface area (Å²) in [6.07, 6.45) is 1.71. The van der Waals surface area contributed by atoms with Crippen molar-refractivity contribution in [2.24, 2.45) is 0 Å². The quantitative estimate of drug-likeness (QED) is 0.705. The molecule has 3 rings (SSSR count). The van der Waals surface area contributed by atoms with E-state index in [4.69, 9.17) is 9.26 Å². The average molecular weight is 240 g/mol. The van der Waals surface area contributed by atoms with Gasteiger partial charge in [-0.2, -0.15) is 0 Å². The van der Waals surface area contributed by atoms with Gasteiger partial charge < -0.3 is 9.26 Å². The van der Waals surface area contributed by atoms with Crippen molar-refractivity contribution >= 4 is 10.9 Å². The minimum Gasteiger partial charge on any atom is -0.484 e. The fourth-order valence-electron chi connectivity index (χ4n) is 1.77. The highest BCUT2D eigenvalue weighted by Gasteiger charge is 2.03. The van der Waals surface area contributed by atoms with Crippen molar-refractivity contribution in [3.05, 3.63) is 54.0 Å². The molecule has 4 nitrogen and oxygen atoms in total. The molecule has 0 unspecified atom stereocenters. The summed E-state index contributed by atoms with van der Waals surface area (Å²) in [6.45, 7) is 2.24. The SMILES string of the molecule is Cc1cc(COc2cnc3ccccc3c2)on1. The van der Waals surface area contributed by atoms with E-state index in [0.29, 0.717) is 12.4 Å². The lowest BCUT2D eigenvalue weighted by Crippen LogP contribution is -1.94. The standard InChI is InChI=1S/C14H12N2O2/c1-10-6-13(18-16-10)9-17-12-7-11-4-2-3-5-14(11)15-8-12/h2-8H,9H2,1H3. The second-order valence-corrected chi connectivity index (χ2v) is 4.09. The third kappa shape index (κ3) is 2.18. The number of hydrogen-bond acceptors (Lipinski definition) is 4. The Morgan fingerprint density at radius 3 is 2.94 bits per heavy atom. The summed E-state index contributed by atoms with van der Waals surface area (Å²) < 4.78 is 10.7. The van der Waals surface area contributed by atoms with Crippen LogP contribution in [0.25, 0.3) is 10.9 Å². The van der Waals surface area contributed by atoms with Crippen LogP contribution in [0.15, 0.2) is 47.1 Å². The van der Waals surface area contributed by atoms with Crippen molar-refractivity contribution in [1.29, 1.82) is 0 Å². The summed E-state index contributed by atoms with van der Waals surface area (Å²) in [5.74, 6) is 1.43. The average Bonchev–Trinajstić information content (AvgIpc) is 2.82. The molecule has 0 aliphatic heterocycles. The normalized spacial score (nSPS) is 10.7. The molecular formula is C14H12N2O2. The number of aromatic nitrogens is 2. The lowest BCUT2D eigenvalue weighted by molar-refractivity contribution is 0.248. The van der Waals surface area contributed by atoms with Gasteiger partial charge in [0.2, 0.25) is 0 Å². The van der Waals surface area contributed by atoms with Crippen LogP contribution in [0.1, 0.15) is 11.5 Å². The van der Waals surface area contributed by atoms with E-state index in [1.165, 1.54) is 0 Å². The van der Waals surface area contributed by atoms with Crippen LogP contribution in [-0.2, 0) is 6.61 Å². The van der Waals surface area contributed by atoms with Gasteiger partial charge in [-0.15, -0.1) is 0 Å². The molecular weight excluding hydrogens is 228 g/mol. The molecule has 18 heavy (non-hydrogen) atoms. The number of benzene rings is 1. The van der Waals surface area contributed by atoms with Crippen molar-refractivity contribution < 1.29 is 9.26 Å². The number of ether oxygens (including phenoxy) is 1. The first-order valence-corrected chi connectivity index (χ1v) is 5.71. The molecule has 0 spiro atoms. The second-order valence-electron chi connectivity index (χ2n) is 4.09. The first kappa shape index (κ1) is 10.8. The zero-order valence-electron chi connectivity index (χ0n) is 9.96. The van der Waals surface area contributed by atoms with Gasteiger partial charge >= 0.3 is 0 Å². The molecule has 0 fully saturated rings. The molecule has 3 aromatic rings. The van der Waals surface area contributed by atoms with Crippen LogP contribution < -0.4 is 4.74 Å². The van der Waals surface area contributed by atoms with Gasteiger partial charge in [0, 0.05) is 11.5 Å². The Hall–Kier alpha value is -2.36. The van der Waals surface area contributed by atoms with Crippen LogP contribution >= 0.6 is 0 Å². The maximum atomic E-state index is 5.62. The topological polar surface area (TPSA) is 48.2 Å². The summed E-state index contributed by atoms with van der Waals surface area (Å²) in [5.41, 5.74) is 1.81. The third-order valence-electron chi connectivity index (χ3n) is 2.62. The molecule has 0 aliphatic carbocycles. The lowest BCUT2D eigenvalue weighted by Gasteiger charge is -2.04. The van der Waals surface area contributed by atoms with E-state index >= 15 is 0 Å². The van der Waals surface area contributed by atoms with Crippen LogP contribution in [0.4, 0.5) is 0 Å². The van der Waals surface area contributed by atoms with Gasteiger partial charge in [-0.25, -0.2) is 0 Å². The van der Waals surface area contributed by atoms with E-state index in [9.17, 15) is 0 Å². The number of para-hydroxylation sites is 1. The Morgan fingerprint density at radius 2 is 2.11 bits per heavy atom. The highest BCUT2D eigenvalue weighted by molar-refractivity contribution is 5.79. The second kappa shape index (κ2) is 4.49. The van der Waals surface area contributed by atoms with Gasteiger partial charge in [-0.1, -0.05) is 23.4 Å². The molecule has 0 saturated carbocycles. The van der Waals surface area contributed by atoms with E-state index in [0.717, 1.165) is 22.3 Å². The zero-order chi connectivity index (χ0) is 12.4. The number of rotatable bonds is 3. The van der Waals surface area contributed by atoms with Crippen LogP contribution in [0.2, 0.25) is 0 Å². The van der Waals surface area contributed by atoms with E-state index in [1.54, 1.807) is 6.20 Å². The molecule has 90 valence electrons. The Kier molecular flexibility index (Phi) is 2.68. The van der Waals surface area contributed by atoms with E-state index < -0.39 is 0 Å². The van der Waals surface area contributed by atoms with Crippen LogP contribution in [0.3, 0.4) is 0 Å². The van der Waals surface area contributed by atoms with Crippen molar-refractivity contribution in [3.8, 4) is 5.75 Å². The molecule has 0 N–H and O–H groups in total. The smallest absolute Gasteiger partial charge is 0.174 e. The molecule has 0 radical (unpaired) electrons. The Balaban J connectivity index is 1.78. The number of fused-ring (bicyclic) bond motifs is 1. The van der Waals surface area contributed by atoms with Crippen molar-refractivity contribution in [2.75, 3.05) is 0 Å². The highest BCUT2D eigenvalue weighted by Crippen LogP contribution is 2.18. The van der Waals surface area contributed by atoms with Crippen molar-refractivity contribution in [3.63, 3.8) is 0 Å². The van der Waals surface area contributed by atoms with E-state index in [1.807, 2.05) is 43.3 Å². The first-order valence-electron chi connectivity index (χ1n) is 5.71. The molecule has 1 aromatic carbocycles. The zero-order valence-corrected chi connectivity index (χ0v) is 9.96. The summed E-state index contributed by atoms with van der Waals surface area (Å²) >= 11 is 0. The minimum absolute atomic E-state index is 0.362. The fourth-order valence-corrected chi connectivity index (χ4v) is 1.77. The van der Waals surface area contributed by atoms with Gasteiger partial charge in [-0.05, 0) is 19.1 Å². The summed E-state index contributed by atoms with van der Waals surface area (Å²) in [5, 5.41) is 4.87. The van der Waals surface area contributed by atoms with Gasteiger partial charge in [0.15, 0.2) is 5.76 Å². The van der Waals surface area contributed by atoms with Crippen LogP contribution in [0.5, 0.6) is 5.75 Å². The molecule has 0 amide bonds. The number of hydrogen-bond donors (Lipinski definition) is 0. The maximum Gasteiger partial charge on any atom is 0.174 e. The Labute approximate surface area is 104 Å². The van der Waals surface area contributed by atoms with Gasteiger partial charge in [0.25, 0.3) is 0 Å². The molecule has 0 bridgehead atoms. The van der Waals surface area contributed by atoms with Gasteiger partial charge in [0.05, 0.1) is 17.4 Å². The Morgan fingerprint density at radius 1 is 1.22 bits per heavy atom. The van der Waals surface area contributed by atoms with E-state index in [2.05, 4.69) is 10.1 Å². The third-order valence-corrected chi connectivity index (χ3v) is 2.62. The first-order chi connectivity index (χ1) is 8.81. The lowest BCUT2D eigenvalue weighted by atomic mass is 10.2. The predicted octanol–water partition coefficient (Wildman–Crippen LogP) is 3.11. The fraction of sp³-hybridized carbons (Fsp3) is 0.143. The molecule has 0 aliphatic rings. The maximum absolute atomic E-state index is 5.62. The molecule has 2 aromatic heterocycles. The molecule has 2 heterocycles. The summed E-state index contributed by atoms with van der Waals surface area (Å²) in [6, 6.07) is 11.7. The number of aryl methyl sites for hydroxylation is 1. The molecule has 0 atom stereocenters. The molecule has 4 heteroatoms. The number of nitrogens with zero attached hydrogens (tertiary/aromatic N) is 2. The van der Waals surface area contributed by atoms with Crippen LogP contribution in [-0.4, -0.2) is 10.1 Å². The largest absolute Gasteiger partial charge is 0.484 e. The minimum atomic E-state index is 0.362. The van der Waals surface area contributed by atoms with Crippen LogP contribution in [0, 0.1) is 6.92 Å². The summed E-state index contributed by atoms with van der Waals surface area (Å²) in [7, 11) is 0. The summed E-state index contributed by atoms with van der Waals surface area (Å²) in [4.78, 5) is 4.33. The van der Waals surface area contributed by atoms with E-state index in [-0.39, 0.29) is 0 Å². The van der Waals surface area contributed by atoms with Crippen molar-refractivity contribution in [2.45, 2.75) is 13.5 Å².